The number of nitrogens with one attached hydrogen (secondary N) is 2. The smallest absolute Gasteiger partial charge is 0.383 e. The highest BCUT2D eigenvalue weighted by Crippen LogP contribution is 2.40. The lowest BCUT2D eigenvalue weighted by molar-refractivity contribution is -0.181. The number of nitrogens with zero attached hydrogens (tertiary/aromatic N) is 3. The van der Waals surface area contributed by atoms with Gasteiger partial charge in [0, 0.05) is 11.6 Å². The SMILES string of the molecule is CC(C)(c1cc(NC(=O)Cc2ccc(-c3nn(C4CCCC4)c(N)c3C(N)=O)cc2)n[nH]1)C(F)(F)F. The normalized spacial score (nSPS) is 14.8. The van der Waals surface area contributed by atoms with Gasteiger partial charge in [-0.1, -0.05) is 37.1 Å². The largest absolute Gasteiger partial charge is 0.399 e. The molecule has 2 amide bonds. The summed E-state index contributed by atoms with van der Waals surface area (Å²) in [7, 11) is 0. The quantitative estimate of drug-likeness (QED) is 0.384. The van der Waals surface area contributed by atoms with Crippen LogP contribution in [-0.2, 0) is 16.6 Å². The molecule has 2 heterocycles. The Kier molecular flexibility index (Phi) is 6.54. The molecule has 1 aliphatic rings. The van der Waals surface area contributed by atoms with Gasteiger partial charge in [0.15, 0.2) is 5.82 Å². The number of carbonyl (C=O) groups excluding carboxylic acids is 2. The number of aromatic amines is 1. The number of carbonyl (C=O) groups is 2. The van der Waals surface area contributed by atoms with Gasteiger partial charge in [0.2, 0.25) is 5.91 Å². The maximum Gasteiger partial charge on any atom is 0.399 e. The molecule has 2 aromatic heterocycles. The summed E-state index contributed by atoms with van der Waals surface area (Å²) in [6.45, 7) is 2.06. The highest BCUT2D eigenvalue weighted by atomic mass is 19.4. The number of nitrogens with two attached hydrogens (primary N) is 2. The van der Waals surface area contributed by atoms with Crippen LogP contribution in [0, 0.1) is 0 Å². The second-order valence-corrected chi connectivity index (χ2v) is 9.57. The Balaban J connectivity index is 1.47. The second kappa shape index (κ2) is 9.32. The Morgan fingerprint density at radius 3 is 2.39 bits per heavy atom. The molecule has 0 spiro atoms. The van der Waals surface area contributed by atoms with Crippen molar-refractivity contribution in [3.63, 3.8) is 0 Å². The number of alkyl halides is 3. The standard InChI is InChI=1S/C24H28F3N7O2/c1-23(2,24(25,26)27)16-12-17(32-31-16)30-18(35)11-13-7-9-14(10-8-13)20-19(22(29)36)21(28)34(33-20)15-5-3-4-6-15/h7-10,12,15H,3-6,11,28H2,1-2H3,(H2,29,36)(H2,30,31,32,35). The third-order valence-corrected chi connectivity index (χ3v) is 6.68. The van der Waals surface area contributed by atoms with Crippen molar-refractivity contribution in [2.45, 2.75) is 63.6 Å². The van der Waals surface area contributed by atoms with Crippen LogP contribution in [0.5, 0.6) is 0 Å². The minimum absolute atomic E-state index is 0.00275. The lowest BCUT2D eigenvalue weighted by Gasteiger charge is -2.25. The molecule has 12 heteroatoms. The number of hydrogen-bond acceptors (Lipinski definition) is 5. The van der Waals surface area contributed by atoms with Gasteiger partial charge in [-0.05, 0) is 32.3 Å². The van der Waals surface area contributed by atoms with E-state index in [2.05, 4.69) is 20.6 Å². The van der Waals surface area contributed by atoms with Crippen LogP contribution >= 0.6 is 0 Å². The van der Waals surface area contributed by atoms with E-state index < -0.39 is 23.4 Å². The molecule has 9 nitrogen and oxygen atoms in total. The molecule has 0 saturated heterocycles. The summed E-state index contributed by atoms with van der Waals surface area (Å²) in [6, 6.07) is 8.14. The lowest BCUT2D eigenvalue weighted by atomic mass is 9.89. The topological polar surface area (TPSA) is 145 Å². The summed E-state index contributed by atoms with van der Waals surface area (Å²) in [4.78, 5) is 24.6. The number of H-pyrrole nitrogens is 1. The number of anilines is 2. The first-order valence-corrected chi connectivity index (χ1v) is 11.6. The van der Waals surface area contributed by atoms with Crippen molar-refractivity contribution in [1.29, 1.82) is 0 Å². The Hall–Kier alpha value is -3.83. The summed E-state index contributed by atoms with van der Waals surface area (Å²) in [5, 5.41) is 13.2. The van der Waals surface area contributed by atoms with Crippen molar-refractivity contribution < 1.29 is 22.8 Å². The van der Waals surface area contributed by atoms with Crippen LogP contribution < -0.4 is 16.8 Å². The summed E-state index contributed by atoms with van der Waals surface area (Å²) >= 11 is 0. The third kappa shape index (κ3) is 4.79. The van der Waals surface area contributed by atoms with Crippen molar-refractivity contribution in [1.82, 2.24) is 20.0 Å². The van der Waals surface area contributed by atoms with E-state index >= 15 is 0 Å². The zero-order chi connectivity index (χ0) is 26.3. The fourth-order valence-corrected chi connectivity index (χ4v) is 4.33. The highest BCUT2D eigenvalue weighted by Gasteiger charge is 2.49. The first kappa shape index (κ1) is 25.3. The average molecular weight is 504 g/mol. The molecule has 1 saturated carbocycles. The predicted octanol–water partition coefficient (Wildman–Crippen LogP) is 4.09. The van der Waals surface area contributed by atoms with Crippen LogP contribution in [0.1, 0.15) is 67.2 Å². The van der Waals surface area contributed by atoms with Crippen LogP contribution in [-0.4, -0.2) is 38.0 Å². The van der Waals surface area contributed by atoms with E-state index in [0.29, 0.717) is 16.8 Å². The predicted molar refractivity (Wildman–Crippen MR) is 128 cm³/mol. The molecular weight excluding hydrogens is 475 g/mol. The molecule has 0 radical (unpaired) electrons. The van der Waals surface area contributed by atoms with E-state index in [0.717, 1.165) is 39.5 Å². The molecule has 0 unspecified atom stereocenters. The third-order valence-electron chi connectivity index (χ3n) is 6.68. The lowest BCUT2D eigenvalue weighted by Crippen LogP contribution is -2.36. The fraction of sp³-hybridized carbons (Fsp3) is 0.417. The minimum atomic E-state index is -4.48. The Morgan fingerprint density at radius 2 is 1.81 bits per heavy atom. The summed E-state index contributed by atoms with van der Waals surface area (Å²) in [5.41, 5.74) is 11.3. The molecule has 4 rings (SSSR count). The number of amides is 2. The van der Waals surface area contributed by atoms with Crippen molar-refractivity contribution in [2.75, 3.05) is 11.1 Å². The molecule has 0 bridgehead atoms. The Labute approximate surface area is 205 Å². The maximum absolute atomic E-state index is 13.2. The number of benzene rings is 1. The highest BCUT2D eigenvalue weighted by molar-refractivity contribution is 6.03. The van der Waals surface area contributed by atoms with E-state index in [1.807, 2.05) is 0 Å². The zero-order valence-electron chi connectivity index (χ0n) is 19.9. The van der Waals surface area contributed by atoms with E-state index in [9.17, 15) is 22.8 Å². The van der Waals surface area contributed by atoms with Gasteiger partial charge >= 0.3 is 6.18 Å². The van der Waals surface area contributed by atoms with Crippen LogP contribution in [0.4, 0.5) is 24.8 Å². The molecule has 0 atom stereocenters. The molecule has 1 fully saturated rings. The van der Waals surface area contributed by atoms with Crippen LogP contribution in [0.25, 0.3) is 11.3 Å². The van der Waals surface area contributed by atoms with Crippen molar-refractivity contribution in [3.8, 4) is 11.3 Å². The number of primary amides is 1. The molecule has 192 valence electrons. The van der Waals surface area contributed by atoms with Crippen LogP contribution in [0.2, 0.25) is 0 Å². The molecule has 1 aliphatic carbocycles. The Bertz CT molecular complexity index is 1270. The maximum atomic E-state index is 13.2. The number of halogens is 3. The van der Waals surface area contributed by atoms with Crippen LogP contribution in [0.3, 0.4) is 0 Å². The van der Waals surface area contributed by atoms with E-state index in [1.54, 1.807) is 28.9 Å². The van der Waals surface area contributed by atoms with Gasteiger partial charge < -0.3 is 16.8 Å². The van der Waals surface area contributed by atoms with Gasteiger partial charge in [-0.15, -0.1) is 0 Å². The average Bonchev–Trinajstić information content (AvgIpc) is 3.53. The van der Waals surface area contributed by atoms with E-state index in [4.69, 9.17) is 11.5 Å². The van der Waals surface area contributed by atoms with Crippen molar-refractivity contribution in [3.05, 3.63) is 47.2 Å². The Morgan fingerprint density at radius 1 is 1.17 bits per heavy atom. The summed E-state index contributed by atoms with van der Waals surface area (Å²) < 4.78 is 41.4. The second-order valence-electron chi connectivity index (χ2n) is 9.57. The minimum Gasteiger partial charge on any atom is -0.383 e. The summed E-state index contributed by atoms with van der Waals surface area (Å²) in [6.07, 6.45) is -0.504. The van der Waals surface area contributed by atoms with Gasteiger partial charge in [0.25, 0.3) is 5.91 Å². The van der Waals surface area contributed by atoms with Gasteiger partial charge in [-0.3, -0.25) is 14.7 Å². The van der Waals surface area contributed by atoms with Crippen LogP contribution in [0.15, 0.2) is 30.3 Å². The number of hydrogen-bond donors (Lipinski definition) is 4. The van der Waals surface area contributed by atoms with Crippen molar-refractivity contribution in [2.24, 2.45) is 5.73 Å². The van der Waals surface area contributed by atoms with Gasteiger partial charge in [0.05, 0.1) is 18.2 Å². The molecule has 36 heavy (non-hydrogen) atoms. The first-order chi connectivity index (χ1) is 16.9. The monoisotopic (exact) mass is 503 g/mol. The van der Waals surface area contributed by atoms with Gasteiger partial charge in [-0.2, -0.15) is 23.4 Å². The van der Waals surface area contributed by atoms with Gasteiger partial charge in [-0.25, -0.2) is 4.68 Å². The summed E-state index contributed by atoms with van der Waals surface area (Å²) in [5.74, 6) is -0.858. The van der Waals surface area contributed by atoms with Crippen molar-refractivity contribution >= 4 is 23.5 Å². The molecular formula is C24H28F3N7O2. The molecule has 0 aliphatic heterocycles. The number of nitrogen functional groups attached to an aromatic ring is 1. The van der Waals surface area contributed by atoms with Gasteiger partial charge in [0.1, 0.15) is 22.5 Å². The molecule has 3 aromatic rings. The molecule has 6 N–H and O–H groups in total. The molecule has 1 aromatic carbocycles. The zero-order valence-corrected chi connectivity index (χ0v) is 19.9. The van der Waals surface area contributed by atoms with E-state index in [-0.39, 0.29) is 35.4 Å². The number of aromatic nitrogens is 4. The van der Waals surface area contributed by atoms with E-state index in [1.165, 1.54) is 6.07 Å². The fourth-order valence-electron chi connectivity index (χ4n) is 4.33. The first-order valence-electron chi connectivity index (χ1n) is 11.6. The number of rotatable bonds is 7.